The van der Waals surface area contributed by atoms with Gasteiger partial charge in [0.05, 0.1) is 0 Å². The molecular weight excluding hydrogens is 312 g/mol. The van der Waals surface area contributed by atoms with Gasteiger partial charge >= 0.3 is 5.97 Å². The van der Waals surface area contributed by atoms with Crippen molar-refractivity contribution in [2.24, 2.45) is 0 Å². The highest BCUT2D eigenvalue weighted by atomic mass is 16.5. The second-order valence-corrected chi connectivity index (χ2v) is 6.52. The molecule has 3 nitrogen and oxygen atoms in total. The molecule has 0 heterocycles. The second-order valence-electron chi connectivity index (χ2n) is 6.52. The van der Waals surface area contributed by atoms with Crippen LogP contribution in [0.5, 0.6) is 5.75 Å². The zero-order valence-corrected chi connectivity index (χ0v) is 14.5. The van der Waals surface area contributed by atoms with Gasteiger partial charge in [-0.3, -0.25) is 0 Å². The highest BCUT2D eigenvalue weighted by Gasteiger charge is 2.21. The number of carboxylic acids is 1. The number of ether oxygens (including phenoxy) is 1. The molecule has 0 amide bonds. The maximum absolute atomic E-state index is 11.7. The third-order valence-corrected chi connectivity index (χ3v) is 4.36. The van der Waals surface area contributed by atoms with Gasteiger partial charge < -0.3 is 9.84 Å². The Morgan fingerprint density at radius 2 is 1.64 bits per heavy atom. The molecule has 0 aliphatic rings. The van der Waals surface area contributed by atoms with Crippen LogP contribution in [-0.4, -0.2) is 17.2 Å². The summed E-state index contributed by atoms with van der Waals surface area (Å²) in [5.41, 5.74) is 2.20. The van der Waals surface area contributed by atoms with Gasteiger partial charge in [-0.1, -0.05) is 74.5 Å². The van der Waals surface area contributed by atoms with Crippen molar-refractivity contribution in [2.45, 2.75) is 32.3 Å². The largest absolute Gasteiger partial charge is 0.478 e. The van der Waals surface area contributed by atoms with Crippen LogP contribution < -0.4 is 4.74 Å². The molecule has 0 saturated carbocycles. The van der Waals surface area contributed by atoms with Gasteiger partial charge in [-0.15, -0.1) is 0 Å². The van der Waals surface area contributed by atoms with Crippen LogP contribution in [-0.2, 0) is 11.2 Å². The van der Waals surface area contributed by atoms with Crippen LogP contribution in [0, 0.1) is 0 Å². The van der Waals surface area contributed by atoms with E-state index >= 15 is 0 Å². The SMILES string of the molecule is CC(C)c1ccc(CC(Oc2cccc3ccccc23)C(=O)O)cc1. The summed E-state index contributed by atoms with van der Waals surface area (Å²) in [6, 6.07) is 21.6. The molecule has 3 rings (SSSR count). The van der Waals surface area contributed by atoms with Crippen LogP contribution >= 0.6 is 0 Å². The lowest BCUT2D eigenvalue weighted by molar-refractivity contribution is -0.144. The van der Waals surface area contributed by atoms with Crippen molar-refractivity contribution < 1.29 is 14.6 Å². The molecule has 0 bridgehead atoms. The number of aliphatic carboxylic acids is 1. The van der Waals surface area contributed by atoms with Crippen LogP contribution in [0.2, 0.25) is 0 Å². The van der Waals surface area contributed by atoms with E-state index in [-0.39, 0.29) is 0 Å². The van der Waals surface area contributed by atoms with Gasteiger partial charge in [-0.2, -0.15) is 0 Å². The number of benzene rings is 3. The van der Waals surface area contributed by atoms with E-state index in [4.69, 9.17) is 4.74 Å². The Hall–Kier alpha value is -2.81. The van der Waals surface area contributed by atoms with Gasteiger partial charge in [0.25, 0.3) is 0 Å². The van der Waals surface area contributed by atoms with Crippen LogP contribution in [0.15, 0.2) is 66.7 Å². The molecule has 3 aromatic carbocycles. The predicted molar refractivity (Wildman–Crippen MR) is 100 cm³/mol. The van der Waals surface area contributed by atoms with Crippen molar-refractivity contribution in [2.75, 3.05) is 0 Å². The average molecular weight is 334 g/mol. The topological polar surface area (TPSA) is 46.5 Å². The number of hydrogen-bond donors (Lipinski definition) is 1. The van der Waals surface area contributed by atoms with Crippen molar-refractivity contribution in [1.29, 1.82) is 0 Å². The van der Waals surface area contributed by atoms with E-state index < -0.39 is 12.1 Å². The highest BCUT2D eigenvalue weighted by Crippen LogP contribution is 2.27. The second kappa shape index (κ2) is 7.39. The Labute approximate surface area is 147 Å². The Morgan fingerprint density at radius 3 is 2.32 bits per heavy atom. The van der Waals surface area contributed by atoms with E-state index in [0.717, 1.165) is 16.3 Å². The third-order valence-electron chi connectivity index (χ3n) is 4.36. The Bertz CT molecular complexity index is 861. The zero-order chi connectivity index (χ0) is 17.8. The lowest BCUT2D eigenvalue weighted by atomic mass is 9.99. The maximum atomic E-state index is 11.7. The van der Waals surface area contributed by atoms with Gasteiger partial charge in [-0.05, 0) is 28.5 Å². The summed E-state index contributed by atoms with van der Waals surface area (Å²) in [6.07, 6.45) is -0.590. The minimum absolute atomic E-state index is 0.330. The van der Waals surface area contributed by atoms with Crippen molar-refractivity contribution in [3.8, 4) is 5.75 Å². The molecule has 1 atom stereocenters. The Balaban J connectivity index is 1.83. The maximum Gasteiger partial charge on any atom is 0.345 e. The van der Waals surface area contributed by atoms with E-state index in [1.165, 1.54) is 5.56 Å². The van der Waals surface area contributed by atoms with Gasteiger partial charge in [0, 0.05) is 11.8 Å². The first-order valence-corrected chi connectivity index (χ1v) is 8.50. The van der Waals surface area contributed by atoms with E-state index in [1.54, 1.807) is 0 Å². The highest BCUT2D eigenvalue weighted by molar-refractivity contribution is 5.88. The van der Waals surface area contributed by atoms with Crippen molar-refractivity contribution in [3.05, 3.63) is 77.9 Å². The average Bonchev–Trinajstić information content (AvgIpc) is 2.61. The molecule has 3 aromatic rings. The fourth-order valence-corrected chi connectivity index (χ4v) is 2.88. The summed E-state index contributed by atoms with van der Waals surface area (Å²) in [6.45, 7) is 4.28. The number of fused-ring (bicyclic) bond motifs is 1. The first-order valence-electron chi connectivity index (χ1n) is 8.50. The summed E-state index contributed by atoms with van der Waals surface area (Å²) in [7, 11) is 0. The van der Waals surface area contributed by atoms with Crippen molar-refractivity contribution in [1.82, 2.24) is 0 Å². The number of carbonyl (C=O) groups is 1. The predicted octanol–water partition coefficient (Wildman–Crippen LogP) is 5.04. The van der Waals surface area contributed by atoms with Crippen LogP contribution in [0.3, 0.4) is 0 Å². The van der Waals surface area contributed by atoms with Gasteiger partial charge in [0.1, 0.15) is 5.75 Å². The first-order chi connectivity index (χ1) is 12.0. The summed E-state index contributed by atoms with van der Waals surface area (Å²) in [4.78, 5) is 11.7. The summed E-state index contributed by atoms with van der Waals surface area (Å²) >= 11 is 0. The molecule has 128 valence electrons. The monoisotopic (exact) mass is 334 g/mol. The van der Waals surface area contributed by atoms with E-state index in [2.05, 4.69) is 26.0 Å². The molecule has 25 heavy (non-hydrogen) atoms. The standard InChI is InChI=1S/C22H22O3/c1-15(2)17-12-10-16(11-13-17)14-21(22(23)24)25-20-9-5-7-18-6-3-4-8-19(18)20/h3-13,15,21H,14H2,1-2H3,(H,23,24). The summed E-state index contributed by atoms with van der Waals surface area (Å²) in [5, 5.41) is 11.5. The molecule has 0 saturated heterocycles. The minimum atomic E-state index is -0.958. The molecule has 0 aliphatic carbocycles. The lowest BCUT2D eigenvalue weighted by Gasteiger charge is -2.17. The molecule has 0 aromatic heterocycles. The molecular formula is C22H22O3. The van der Waals surface area contributed by atoms with Gasteiger partial charge in [0.15, 0.2) is 6.10 Å². The quantitative estimate of drug-likeness (QED) is 0.687. The van der Waals surface area contributed by atoms with Crippen LogP contribution in [0.1, 0.15) is 30.9 Å². The van der Waals surface area contributed by atoms with E-state index in [1.807, 2.05) is 54.6 Å². The minimum Gasteiger partial charge on any atom is -0.478 e. The van der Waals surface area contributed by atoms with Crippen molar-refractivity contribution >= 4 is 16.7 Å². The molecule has 0 fully saturated rings. The van der Waals surface area contributed by atoms with Crippen LogP contribution in [0.4, 0.5) is 0 Å². The number of hydrogen-bond acceptors (Lipinski definition) is 2. The van der Waals surface area contributed by atoms with Crippen molar-refractivity contribution in [3.63, 3.8) is 0 Å². The Morgan fingerprint density at radius 1 is 0.960 bits per heavy atom. The molecule has 3 heteroatoms. The number of rotatable bonds is 6. The summed E-state index contributed by atoms with van der Waals surface area (Å²) < 4.78 is 5.87. The fourth-order valence-electron chi connectivity index (χ4n) is 2.88. The molecule has 1 N–H and O–H groups in total. The fraction of sp³-hybridized carbons (Fsp3) is 0.227. The zero-order valence-electron chi connectivity index (χ0n) is 14.5. The van der Waals surface area contributed by atoms with E-state index in [9.17, 15) is 9.90 Å². The van der Waals surface area contributed by atoms with E-state index in [0.29, 0.717) is 18.1 Å². The first kappa shape index (κ1) is 17.0. The smallest absolute Gasteiger partial charge is 0.345 e. The molecule has 0 radical (unpaired) electrons. The normalized spacial score (nSPS) is 12.3. The summed E-state index contributed by atoms with van der Waals surface area (Å²) in [5.74, 6) is 0.0985. The molecule has 0 spiro atoms. The van der Waals surface area contributed by atoms with Crippen LogP contribution in [0.25, 0.3) is 10.8 Å². The Kier molecular flexibility index (Phi) is 5.03. The lowest BCUT2D eigenvalue weighted by Crippen LogP contribution is -2.29. The van der Waals surface area contributed by atoms with Gasteiger partial charge in [-0.25, -0.2) is 4.79 Å². The third kappa shape index (κ3) is 4.00. The molecule has 0 aliphatic heterocycles. The van der Waals surface area contributed by atoms with Gasteiger partial charge in [0.2, 0.25) is 0 Å². The molecule has 1 unspecified atom stereocenters. The number of carboxylic acid groups (broad SMARTS) is 1.